The van der Waals surface area contributed by atoms with E-state index in [4.69, 9.17) is 9.47 Å². The predicted molar refractivity (Wildman–Crippen MR) is 72.5 cm³/mol. The molecule has 4 heteroatoms. The molecule has 0 radical (unpaired) electrons. The summed E-state index contributed by atoms with van der Waals surface area (Å²) in [5, 5.41) is 9.49. The number of benzene rings is 1. The zero-order valence-electron chi connectivity index (χ0n) is 11.5. The van der Waals surface area contributed by atoms with Crippen LogP contribution in [0.5, 0.6) is 11.5 Å². The summed E-state index contributed by atoms with van der Waals surface area (Å²) in [6.07, 6.45) is 1.46. The molecular weight excluding hydrogens is 242 g/mol. The van der Waals surface area contributed by atoms with Gasteiger partial charge in [-0.15, -0.1) is 0 Å². The van der Waals surface area contributed by atoms with Crippen molar-refractivity contribution in [3.05, 3.63) is 23.8 Å². The van der Waals surface area contributed by atoms with Gasteiger partial charge in [0.25, 0.3) is 0 Å². The Morgan fingerprint density at radius 1 is 1.42 bits per heavy atom. The van der Waals surface area contributed by atoms with Crippen LogP contribution in [0.1, 0.15) is 24.9 Å². The fourth-order valence-electron chi connectivity index (χ4n) is 3.13. The largest absolute Gasteiger partial charge is 0.508 e. The molecule has 3 unspecified atom stereocenters. The van der Waals surface area contributed by atoms with Crippen LogP contribution in [-0.2, 0) is 4.74 Å². The van der Waals surface area contributed by atoms with Gasteiger partial charge in [-0.3, -0.25) is 4.90 Å². The van der Waals surface area contributed by atoms with Crippen LogP contribution in [0.25, 0.3) is 0 Å². The number of hydrogen-bond donors (Lipinski definition) is 1. The number of piperidine rings is 1. The first-order valence-corrected chi connectivity index (χ1v) is 6.91. The molecule has 1 saturated heterocycles. The van der Waals surface area contributed by atoms with Gasteiger partial charge >= 0.3 is 0 Å². The molecule has 104 valence electrons. The number of hydrogen-bond acceptors (Lipinski definition) is 4. The Balaban J connectivity index is 1.78. The number of phenolic OH excluding ortho intramolecular Hbond substituents is 1. The van der Waals surface area contributed by atoms with Crippen LogP contribution < -0.4 is 4.74 Å². The van der Waals surface area contributed by atoms with Gasteiger partial charge in [0.15, 0.2) is 0 Å². The molecular formula is C15H21NO3. The molecule has 0 bridgehead atoms. The molecule has 2 heterocycles. The number of aromatic hydroxyl groups is 1. The van der Waals surface area contributed by atoms with Crippen LogP contribution >= 0.6 is 0 Å². The topological polar surface area (TPSA) is 41.9 Å². The quantitative estimate of drug-likeness (QED) is 0.888. The van der Waals surface area contributed by atoms with Gasteiger partial charge in [0.1, 0.15) is 18.1 Å². The third-order valence-corrected chi connectivity index (χ3v) is 4.42. The van der Waals surface area contributed by atoms with Crippen LogP contribution in [0.2, 0.25) is 0 Å². The van der Waals surface area contributed by atoms with E-state index in [1.807, 2.05) is 6.07 Å². The van der Waals surface area contributed by atoms with Crippen molar-refractivity contribution >= 4 is 0 Å². The average molecular weight is 263 g/mol. The van der Waals surface area contributed by atoms with Crippen molar-refractivity contribution in [3.8, 4) is 11.5 Å². The summed E-state index contributed by atoms with van der Waals surface area (Å²) < 4.78 is 11.3. The lowest BCUT2D eigenvalue weighted by molar-refractivity contribution is -0.0218. The van der Waals surface area contributed by atoms with E-state index >= 15 is 0 Å². The molecule has 1 fully saturated rings. The molecule has 4 nitrogen and oxygen atoms in total. The number of methoxy groups -OCH3 is 1. The maximum atomic E-state index is 9.49. The highest BCUT2D eigenvalue weighted by Gasteiger charge is 2.35. The van der Waals surface area contributed by atoms with Crippen molar-refractivity contribution in [3.63, 3.8) is 0 Å². The van der Waals surface area contributed by atoms with Gasteiger partial charge in [-0.2, -0.15) is 0 Å². The number of nitrogens with zero attached hydrogens (tertiary/aromatic N) is 1. The molecule has 3 rings (SSSR count). The summed E-state index contributed by atoms with van der Waals surface area (Å²) in [4.78, 5) is 2.44. The number of likely N-dealkylation sites (tertiary alicyclic amines) is 1. The minimum Gasteiger partial charge on any atom is -0.508 e. The van der Waals surface area contributed by atoms with Gasteiger partial charge < -0.3 is 14.6 Å². The smallest absolute Gasteiger partial charge is 0.127 e. The van der Waals surface area contributed by atoms with Gasteiger partial charge in [-0.05, 0) is 31.0 Å². The van der Waals surface area contributed by atoms with Crippen molar-refractivity contribution in [1.29, 1.82) is 0 Å². The van der Waals surface area contributed by atoms with Gasteiger partial charge in [0.05, 0.1) is 12.1 Å². The highest BCUT2D eigenvalue weighted by atomic mass is 16.5. The normalized spacial score (nSPS) is 30.9. The van der Waals surface area contributed by atoms with Crippen molar-refractivity contribution in [2.75, 3.05) is 26.8 Å². The van der Waals surface area contributed by atoms with E-state index in [2.05, 4.69) is 11.8 Å². The lowest BCUT2D eigenvalue weighted by Crippen LogP contribution is -2.45. The van der Waals surface area contributed by atoms with Gasteiger partial charge in [0, 0.05) is 25.3 Å². The lowest BCUT2D eigenvalue weighted by Gasteiger charge is -2.39. The predicted octanol–water partition coefficient (Wildman–Crippen LogP) is 2.18. The Kier molecular flexibility index (Phi) is 3.37. The van der Waals surface area contributed by atoms with Crippen molar-refractivity contribution < 1.29 is 14.6 Å². The molecule has 0 amide bonds. The summed E-state index contributed by atoms with van der Waals surface area (Å²) in [5.41, 5.74) is 1.18. The van der Waals surface area contributed by atoms with E-state index in [-0.39, 0.29) is 5.75 Å². The van der Waals surface area contributed by atoms with Crippen molar-refractivity contribution in [2.24, 2.45) is 5.92 Å². The monoisotopic (exact) mass is 263 g/mol. The maximum Gasteiger partial charge on any atom is 0.127 e. The Morgan fingerprint density at radius 2 is 2.26 bits per heavy atom. The molecule has 3 atom stereocenters. The van der Waals surface area contributed by atoms with Crippen molar-refractivity contribution in [2.45, 2.75) is 25.5 Å². The van der Waals surface area contributed by atoms with Gasteiger partial charge in [-0.1, -0.05) is 6.92 Å². The van der Waals surface area contributed by atoms with E-state index in [9.17, 15) is 5.11 Å². The first-order chi connectivity index (χ1) is 9.19. The molecule has 0 aliphatic carbocycles. The Bertz CT molecular complexity index is 463. The zero-order valence-corrected chi connectivity index (χ0v) is 11.5. The SMILES string of the molecule is COC1CN(C2COc3cc(O)ccc32)CCC1C. The highest BCUT2D eigenvalue weighted by Crippen LogP contribution is 2.39. The van der Waals surface area contributed by atoms with Crippen LogP contribution in [0.4, 0.5) is 0 Å². The number of rotatable bonds is 2. The number of fused-ring (bicyclic) bond motifs is 1. The summed E-state index contributed by atoms with van der Waals surface area (Å²) >= 11 is 0. The highest BCUT2D eigenvalue weighted by molar-refractivity contribution is 5.44. The minimum atomic E-state index is 0.265. The molecule has 0 aromatic heterocycles. The van der Waals surface area contributed by atoms with E-state index in [1.54, 1.807) is 19.2 Å². The van der Waals surface area contributed by atoms with Gasteiger partial charge in [-0.25, -0.2) is 0 Å². The second-order valence-electron chi connectivity index (χ2n) is 5.58. The first-order valence-electron chi connectivity index (χ1n) is 6.91. The van der Waals surface area contributed by atoms with Crippen LogP contribution in [-0.4, -0.2) is 42.9 Å². The summed E-state index contributed by atoms with van der Waals surface area (Å²) in [6.45, 7) is 4.95. The molecule has 1 aromatic rings. The molecule has 0 spiro atoms. The standard InChI is InChI=1S/C15H21NO3/c1-10-5-6-16(8-15(10)18-2)13-9-19-14-7-11(17)3-4-12(13)14/h3-4,7,10,13,15,17H,5-6,8-9H2,1-2H3. The molecule has 2 aliphatic heterocycles. The van der Waals surface area contributed by atoms with Crippen LogP contribution in [0, 0.1) is 5.92 Å². The molecule has 2 aliphatic rings. The Morgan fingerprint density at radius 3 is 3.05 bits per heavy atom. The van der Waals surface area contributed by atoms with E-state index < -0.39 is 0 Å². The van der Waals surface area contributed by atoms with Crippen LogP contribution in [0.3, 0.4) is 0 Å². The fraction of sp³-hybridized carbons (Fsp3) is 0.600. The molecule has 1 N–H and O–H groups in total. The summed E-state index contributed by atoms with van der Waals surface area (Å²) in [7, 11) is 1.79. The lowest BCUT2D eigenvalue weighted by atomic mass is 9.93. The van der Waals surface area contributed by atoms with Crippen LogP contribution in [0.15, 0.2) is 18.2 Å². The van der Waals surface area contributed by atoms with Crippen molar-refractivity contribution in [1.82, 2.24) is 4.90 Å². The molecule has 1 aromatic carbocycles. The fourth-order valence-corrected chi connectivity index (χ4v) is 3.13. The number of phenols is 1. The first kappa shape index (κ1) is 12.8. The molecule has 0 saturated carbocycles. The van der Waals surface area contributed by atoms with E-state index in [0.29, 0.717) is 24.7 Å². The third kappa shape index (κ3) is 2.30. The Labute approximate surface area is 113 Å². The summed E-state index contributed by atoms with van der Waals surface area (Å²) in [6, 6.07) is 5.71. The second-order valence-corrected chi connectivity index (χ2v) is 5.58. The Hall–Kier alpha value is -1.26. The minimum absolute atomic E-state index is 0.265. The second kappa shape index (κ2) is 5.02. The van der Waals surface area contributed by atoms with E-state index in [1.165, 1.54) is 5.56 Å². The molecule has 19 heavy (non-hydrogen) atoms. The third-order valence-electron chi connectivity index (χ3n) is 4.42. The van der Waals surface area contributed by atoms with E-state index in [0.717, 1.165) is 25.3 Å². The summed E-state index contributed by atoms with van der Waals surface area (Å²) in [5.74, 6) is 1.70. The average Bonchev–Trinajstić information content (AvgIpc) is 2.82. The van der Waals surface area contributed by atoms with Gasteiger partial charge in [0.2, 0.25) is 0 Å². The maximum absolute atomic E-state index is 9.49. The zero-order chi connectivity index (χ0) is 13.4. The number of ether oxygens (including phenoxy) is 2.